The van der Waals surface area contributed by atoms with E-state index in [1.54, 1.807) is 13.3 Å². The lowest BCUT2D eigenvalue weighted by atomic mass is 10.0. The molecular formula is C23H23N5O2. The molecule has 1 saturated carbocycles. The number of pyridine rings is 1. The molecule has 7 heteroatoms. The molecule has 30 heavy (non-hydrogen) atoms. The first kappa shape index (κ1) is 18.4. The standard InChI is InChI=1S/C23H23N5O2/c1-14-18(13-24-27-14)19-8-7-15-11-20(28(2)21(15)25-19)22(29)26-23(9-10-23)16-5-4-6-17(12-16)30-3/h4-8,11-13H,9-10H2,1-3H3,(H,24,27)(H,26,29). The van der Waals surface area contributed by atoms with E-state index in [1.165, 1.54) is 0 Å². The Labute approximate surface area is 174 Å². The molecule has 0 saturated heterocycles. The van der Waals surface area contributed by atoms with Crippen LogP contribution < -0.4 is 10.1 Å². The van der Waals surface area contributed by atoms with Crippen LogP contribution in [-0.4, -0.2) is 32.8 Å². The second kappa shape index (κ2) is 6.73. The highest BCUT2D eigenvalue weighted by atomic mass is 16.5. The van der Waals surface area contributed by atoms with E-state index in [0.29, 0.717) is 5.69 Å². The summed E-state index contributed by atoms with van der Waals surface area (Å²) in [5.41, 5.74) is 4.86. The molecule has 2 N–H and O–H groups in total. The zero-order chi connectivity index (χ0) is 20.9. The summed E-state index contributed by atoms with van der Waals surface area (Å²) in [6.07, 6.45) is 3.60. The molecule has 5 rings (SSSR count). The highest BCUT2D eigenvalue weighted by molar-refractivity contribution is 5.99. The Hall–Kier alpha value is -3.61. The number of aryl methyl sites for hydroxylation is 2. The van der Waals surface area contributed by atoms with Crippen molar-refractivity contribution in [3.05, 3.63) is 65.6 Å². The third-order valence-corrected chi connectivity index (χ3v) is 5.94. The van der Waals surface area contributed by atoms with Gasteiger partial charge in [-0.1, -0.05) is 12.1 Å². The maximum atomic E-state index is 13.2. The largest absolute Gasteiger partial charge is 0.497 e. The van der Waals surface area contributed by atoms with Crippen LogP contribution in [-0.2, 0) is 12.6 Å². The monoisotopic (exact) mass is 401 g/mol. The van der Waals surface area contributed by atoms with Crippen molar-refractivity contribution >= 4 is 16.9 Å². The van der Waals surface area contributed by atoms with Crippen LogP contribution in [0.25, 0.3) is 22.3 Å². The summed E-state index contributed by atoms with van der Waals surface area (Å²) in [4.78, 5) is 18.0. The van der Waals surface area contributed by atoms with E-state index in [4.69, 9.17) is 9.72 Å². The maximum absolute atomic E-state index is 13.2. The van der Waals surface area contributed by atoms with Gasteiger partial charge in [0.1, 0.15) is 17.1 Å². The van der Waals surface area contributed by atoms with Crippen molar-refractivity contribution in [1.29, 1.82) is 0 Å². The number of hydrogen-bond acceptors (Lipinski definition) is 4. The van der Waals surface area contributed by atoms with E-state index in [0.717, 1.165) is 52.1 Å². The Bertz CT molecular complexity index is 1270. The molecule has 3 heterocycles. The van der Waals surface area contributed by atoms with Crippen molar-refractivity contribution in [1.82, 2.24) is 25.1 Å². The molecule has 7 nitrogen and oxygen atoms in total. The number of carbonyl (C=O) groups is 1. The first-order valence-electron chi connectivity index (χ1n) is 9.95. The van der Waals surface area contributed by atoms with E-state index in [-0.39, 0.29) is 11.4 Å². The Morgan fingerprint density at radius 1 is 1.23 bits per heavy atom. The van der Waals surface area contributed by atoms with E-state index in [2.05, 4.69) is 15.5 Å². The molecule has 0 aliphatic heterocycles. The lowest BCUT2D eigenvalue weighted by molar-refractivity contribution is 0.0923. The van der Waals surface area contributed by atoms with E-state index in [9.17, 15) is 4.79 Å². The molecule has 0 bridgehead atoms. The summed E-state index contributed by atoms with van der Waals surface area (Å²) in [6.45, 7) is 1.96. The van der Waals surface area contributed by atoms with E-state index in [1.807, 2.05) is 61.0 Å². The van der Waals surface area contributed by atoms with Gasteiger partial charge in [0.25, 0.3) is 5.91 Å². The fraction of sp³-hybridized carbons (Fsp3) is 0.261. The molecule has 152 valence electrons. The van der Waals surface area contributed by atoms with Crippen LogP contribution in [0.3, 0.4) is 0 Å². The van der Waals surface area contributed by atoms with Crippen LogP contribution in [0.5, 0.6) is 5.75 Å². The van der Waals surface area contributed by atoms with Gasteiger partial charge in [-0.05, 0) is 55.7 Å². The molecule has 1 aromatic carbocycles. The van der Waals surface area contributed by atoms with Crippen molar-refractivity contribution in [2.24, 2.45) is 7.05 Å². The summed E-state index contributed by atoms with van der Waals surface area (Å²) in [5.74, 6) is 0.695. The molecule has 1 fully saturated rings. The summed E-state index contributed by atoms with van der Waals surface area (Å²) >= 11 is 0. The van der Waals surface area contributed by atoms with Gasteiger partial charge in [-0.2, -0.15) is 5.10 Å². The topological polar surface area (TPSA) is 84.8 Å². The predicted molar refractivity (Wildman–Crippen MR) is 114 cm³/mol. The lowest BCUT2D eigenvalue weighted by Crippen LogP contribution is -2.35. The molecular weight excluding hydrogens is 378 g/mol. The fourth-order valence-electron chi connectivity index (χ4n) is 3.99. The smallest absolute Gasteiger partial charge is 0.268 e. The molecule has 4 aromatic rings. The van der Waals surface area contributed by atoms with Gasteiger partial charge in [0.2, 0.25) is 0 Å². The maximum Gasteiger partial charge on any atom is 0.268 e. The molecule has 0 atom stereocenters. The second-order valence-electron chi connectivity index (χ2n) is 7.87. The number of nitrogens with zero attached hydrogens (tertiary/aromatic N) is 3. The number of aromatic amines is 1. The van der Waals surface area contributed by atoms with Gasteiger partial charge in [-0.15, -0.1) is 0 Å². The van der Waals surface area contributed by atoms with Crippen molar-refractivity contribution in [2.45, 2.75) is 25.3 Å². The van der Waals surface area contributed by atoms with Gasteiger partial charge in [0.15, 0.2) is 0 Å². The molecule has 0 radical (unpaired) electrons. The lowest BCUT2D eigenvalue weighted by Gasteiger charge is -2.19. The number of amides is 1. The minimum absolute atomic E-state index is 0.100. The number of fused-ring (bicyclic) bond motifs is 1. The molecule has 3 aromatic heterocycles. The summed E-state index contributed by atoms with van der Waals surface area (Å²) in [6, 6.07) is 13.8. The minimum Gasteiger partial charge on any atom is -0.497 e. The summed E-state index contributed by atoms with van der Waals surface area (Å²) in [5, 5.41) is 11.2. The normalized spacial score (nSPS) is 14.6. The van der Waals surface area contributed by atoms with Crippen LogP contribution in [0.2, 0.25) is 0 Å². The van der Waals surface area contributed by atoms with Gasteiger partial charge >= 0.3 is 0 Å². The zero-order valence-electron chi connectivity index (χ0n) is 17.2. The first-order chi connectivity index (χ1) is 14.5. The van der Waals surface area contributed by atoms with E-state index >= 15 is 0 Å². The third-order valence-electron chi connectivity index (χ3n) is 5.94. The molecule has 1 aliphatic rings. The summed E-state index contributed by atoms with van der Waals surface area (Å²) < 4.78 is 7.20. The highest BCUT2D eigenvalue weighted by Crippen LogP contribution is 2.46. The van der Waals surface area contributed by atoms with Crippen LogP contribution >= 0.6 is 0 Å². The number of H-pyrrole nitrogens is 1. The van der Waals surface area contributed by atoms with Gasteiger partial charge < -0.3 is 14.6 Å². The highest BCUT2D eigenvalue weighted by Gasteiger charge is 2.46. The predicted octanol–water partition coefficient (Wildman–Crippen LogP) is 3.70. The van der Waals surface area contributed by atoms with Crippen LogP contribution in [0, 0.1) is 6.92 Å². The Morgan fingerprint density at radius 2 is 2.07 bits per heavy atom. The van der Waals surface area contributed by atoms with Crippen molar-refractivity contribution < 1.29 is 9.53 Å². The van der Waals surface area contributed by atoms with Crippen molar-refractivity contribution in [3.8, 4) is 17.0 Å². The number of benzene rings is 1. The molecule has 1 aliphatic carbocycles. The van der Waals surface area contributed by atoms with Crippen LogP contribution in [0.4, 0.5) is 0 Å². The number of nitrogens with one attached hydrogen (secondary N) is 2. The zero-order valence-corrected chi connectivity index (χ0v) is 17.2. The Balaban J connectivity index is 1.46. The van der Waals surface area contributed by atoms with Crippen LogP contribution in [0.1, 0.15) is 34.6 Å². The average molecular weight is 401 g/mol. The van der Waals surface area contributed by atoms with Gasteiger partial charge in [-0.3, -0.25) is 9.89 Å². The van der Waals surface area contributed by atoms with E-state index < -0.39 is 0 Å². The number of methoxy groups -OCH3 is 1. The van der Waals surface area contributed by atoms with Crippen molar-refractivity contribution in [2.75, 3.05) is 7.11 Å². The minimum atomic E-state index is -0.325. The number of carbonyl (C=O) groups excluding carboxylic acids is 1. The average Bonchev–Trinajstić information content (AvgIpc) is 3.29. The van der Waals surface area contributed by atoms with Crippen molar-refractivity contribution in [3.63, 3.8) is 0 Å². The van der Waals surface area contributed by atoms with Gasteiger partial charge in [0, 0.05) is 23.7 Å². The third kappa shape index (κ3) is 2.94. The molecule has 0 spiro atoms. The first-order valence-corrected chi connectivity index (χ1v) is 9.95. The molecule has 0 unspecified atom stereocenters. The fourth-order valence-corrected chi connectivity index (χ4v) is 3.99. The SMILES string of the molecule is COc1cccc(C2(NC(=O)c3cc4ccc(-c5cn[nH]c5C)nc4n3C)CC2)c1. The Kier molecular flexibility index (Phi) is 4.13. The number of hydrogen-bond donors (Lipinski definition) is 2. The van der Waals surface area contributed by atoms with Gasteiger partial charge in [0.05, 0.1) is 24.5 Å². The quantitative estimate of drug-likeness (QED) is 0.534. The number of aromatic nitrogens is 4. The summed E-state index contributed by atoms with van der Waals surface area (Å²) in [7, 11) is 3.53. The number of rotatable bonds is 5. The molecule has 1 amide bonds. The number of ether oxygens (including phenoxy) is 1. The Morgan fingerprint density at radius 3 is 2.77 bits per heavy atom. The van der Waals surface area contributed by atoms with Crippen LogP contribution in [0.15, 0.2) is 48.7 Å². The van der Waals surface area contributed by atoms with Gasteiger partial charge in [-0.25, -0.2) is 4.98 Å². The second-order valence-corrected chi connectivity index (χ2v) is 7.87.